The number of hydrogen-bond acceptors (Lipinski definition) is 6. The molecule has 3 N–H and O–H groups in total. The van der Waals surface area contributed by atoms with Crippen LogP contribution in [0.1, 0.15) is 36.2 Å². The predicted molar refractivity (Wildman–Crippen MR) is 82.8 cm³/mol. The van der Waals surface area contributed by atoms with Crippen molar-refractivity contribution in [2.45, 2.75) is 26.4 Å². The van der Waals surface area contributed by atoms with Crippen molar-refractivity contribution in [3.63, 3.8) is 0 Å². The van der Waals surface area contributed by atoms with Gasteiger partial charge in [-0.2, -0.15) is 4.98 Å². The van der Waals surface area contributed by atoms with Crippen LogP contribution in [-0.4, -0.2) is 48.1 Å². The predicted octanol–water partition coefficient (Wildman–Crippen LogP) is 1.60. The molecule has 1 aliphatic heterocycles. The number of carbonyl (C=O) groups is 1. The topological polar surface area (TPSA) is 107 Å². The Balaban J connectivity index is 2.18. The van der Waals surface area contributed by atoms with Crippen LogP contribution in [0.15, 0.2) is 11.1 Å². The van der Waals surface area contributed by atoms with Crippen LogP contribution in [0.25, 0.3) is 0 Å². The molecule has 1 aromatic rings. The smallest absolute Gasteiger partial charge is 0.341 e. The Morgan fingerprint density at radius 3 is 3.05 bits per heavy atom. The fourth-order valence-electron chi connectivity index (χ4n) is 2.12. The number of rotatable bonds is 6. The molecule has 0 spiro atoms. The lowest BCUT2D eigenvalue weighted by atomic mass is 10.1. The number of aromatic nitrogens is 1. The van der Waals surface area contributed by atoms with E-state index in [-0.39, 0.29) is 23.4 Å². The molecule has 2 rings (SSSR count). The Hall–Kier alpha value is -2.15. The number of anilines is 1. The molecule has 0 radical (unpaired) electrons. The Morgan fingerprint density at radius 1 is 1.68 bits per heavy atom. The number of aliphatic imine (C=N–C) groups is 1. The fraction of sp³-hybridized carbons (Fsp3) is 0.533. The van der Waals surface area contributed by atoms with Gasteiger partial charge in [-0.25, -0.2) is 4.79 Å². The zero-order valence-electron chi connectivity index (χ0n) is 12.8. The highest BCUT2D eigenvalue weighted by atomic mass is 16.5. The zero-order chi connectivity index (χ0) is 16.1. The largest absolute Gasteiger partial charge is 0.477 e. The lowest BCUT2D eigenvalue weighted by molar-refractivity contribution is 0.0689. The number of hydrogen-bond donors (Lipinski definition) is 2. The molecule has 1 aliphatic rings. The van der Waals surface area contributed by atoms with Crippen LogP contribution in [-0.2, 0) is 4.74 Å². The highest BCUT2D eigenvalue weighted by molar-refractivity contribution is 5.95. The molecule has 1 atom stereocenters. The molecular formula is C15H21N3O4. The van der Waals surface area contributed by atoms with Crippen LogP contribution < -0.4 is 10.5 Å². The second-order valence-electron chi connectivity index (χ2n) is 5.51. The van der Waals surface area contributed by atoms with E-state index in [1.165, 1.54) is 6.07 Å². The number of nitrogens with zero attached hydrogens (tertiary/aromatic N) is 2. The fourth-order valence-corrected chi connectivity index (χ4v) is 2.12. The molecule has 2 heterocycles. The van der Waals surface area contributed by atoms with Crippen molar-refractivity contribution in [3.8, 4) is 5.88 Å². The van der Waals surface area contributed by atoms with E-state index >= 15 is 0 Å². The van der Waals surface area contributed by atoms with Crippen molar-refractivity contribution in [1.29, 1.82) is 0 Å². The maximum absolute atomic E-state index is 11.3. The summed E-state index contributed by atoms with van der Waals surface area (Å²) in [4.78, 5) is 19.7. The minimum Gasteiger partial charge on any atom is -0.477 e. The van der Waals surface area contributed by atoms with Gasteiger partial charge >= 0.3 is 5.97 Å². The molecule has 22 heavy (non-hydrogen) atoms. The quantitative estimate of drug-likeness (QED) is 0.773. The summed E-state index contributed by atoms with van der Waals surface area (Å²) in [7, 11) is 0. The third-order valence-corrected chi connectivity index (χ3v) is 3.24. The molecule has 0 amide bonds. The van der Waals surface area contributed by atoms with Gasteiger partial charge in [-0.15, -0.1) is 0 Å². The number of nitrogen functional groups attached to an aromatic ring is 1. The van der Waals surface area contributed by atoms with E-state index in [1.54, 1.807) is 20.1 Å². The molecule has 1 fully saturated rings. The Labute approximate surface area is 129 Å². The van der Waals surface area contributed by atoms with Crippen molar-refractivity contribution in [2.75, 3.05) is 25.5 Å². The second kappa shape index (κ2) is 7.22. The molecule has 0 saturated carbocycles. The van der Waals surface area contributed by atoms with Crippen LogP contribution >= 0.6 is 0 Å². The molecule has 1 aromatic heterocycles. The summed E-state index contributed by atoms with van der Waals surface area (Å²) < 4.78 is 10.7. The Kier molecular flexibility index (Phi) is 5.32. The SMILES string of the molecule is CC(C)Oc1nc(N)c(C=NCC2CCOC2)cc1C(=O)O. The number of nitrogens with two attached hydrogens (primary N) is 1. The van der Waals surface area contributed by atoms with Crippen LogP contribution in [0.4, 0.5) is 5.82 Å². The van der Waals surface area contributed by atoms with Crippen molar-refractivity contribution in [3.05, 3.63) is 17.2 Å². The first-order valence-electron chi connectivity index (χ1n) is 7.25. The maximum Gasteiger partial charge on any atom is 0.341 e. The normalized spacial score (nSPS) is 18.2. The van der Waals surface area contributed by atoms with Gasteiger partial charge in [0.1, 0.15) is 11.4 Å². The number of carboxylic acids is 1. The van der Waals surface area contributed by atoms with E-state index < -0.39 is 5.97 Å². The minimum atomic E-state index is -1.11. The molecule has 7 heteroatoms. The highest BCUT2D eigenvalue weighted by Gasteiger charge is 2.18. The van der Waals surface area contributed by atoms with E-state index in [9.17, 15) is 9.90 Å². The first kappa shape index (κ1) is 16.2. The van der Waals surface area contributed by atoms with Gasteiger partial charge in [0.15, 0.2) is 0 Å². The average molecular weight is 307 g/mol. The summed E-state index contributed by atoms with van der Waals surface area (Å²) in [6.45, 7) is 5.71. The van der Waals surface area contributed by atoms with E-state index in [0.717, 1.165) is 13.0 Å². The Bertz CT molecular complexity index is 566. The Morgan fingerprint density at radius 2 is 2.45 bits per heavy atom. The molecule has 0 aromatic carbocycles. The van der Waals surface area contributed by atoms with E-state index in [0.29, 0.717) is 24.6 Å². The van der Waals surface area contributed by atoms with Crippen molar-refractivity contribution < 1.29 is 19.4 Å². The highest BCUT2D eigenvalue weighted by Crippen LogP contribution is 2.22. The number of carboxylic acid groups (broad SMARTS) is 1. The van der Waals surface area contributed by atoms with Crippen LogP contribution in [0, 0.1) is 5.92 Å². The van der Waals surface area contributed by atoms with E-state index in [1.807, 2.05) is 0 Å². The van der Waals surface area contributed by atoms with E-state index in [2.05, 4.69) is 9.98 Å². The molecule has 0 aliphatic carbocycles. The van der Waals surface area contributed by atoms with Gasteiger partial charge in [-0.05, 0) is 26.3 Å². The van der Waals surface area contributed by atoms with Crippen molar-refractivity contribution in [1.82, 2.24) is 4.98 Å². The van der Waals surface area contributed by atoms with Crippen LogP contribution in [0.2, 0.25) is 0 Å². The molecule has 120 valence electrons. The average Bonchev–Trinajstić information content (AvgIpc) is 2.93. The summed E-state index contributed by atoms with van der Waals surface area (Å²) in [5.41, 5.74) is 6.32. The standard InChI is InChI=1S/C15H21N3O4/c1-9(2)22-14-12(15(19)20)5-11(13(16)18-14)7-17-6-10-3-4-21-8-10/h5,7,9-10H,3-4,6,8H2,1-2H3,(H2,16,18)(H,19,20). The van der Waals surface area contributed by atoms with Gasteiger partial charge in [0.25, 0.3) is 0 Å². The van der Waals surface area contributed by atoms with Crippen molar-refractivity contribution >= 4 is 18.0 Å². The van der Waals surface area contributed by atoms with Gasteiger partial charge in [0.05, 0.1) is 12.7 Å². The second-order valence-corrected chi connectivity index (χ2v) is 5.51. The number of aromatic carboxylic acids is 1. The molecular weight excluding hydrogens is 286 g/mol. The van der Waals surface area contributed by atoms with Crippen LogP contribution in [0.5, 0.6) is 5.88 Å². The summed E-state index contributed by atoms with van der Waals surface area (Å²) in [6, 6.07) is 1.44. The van der Waals surface area contributed by atoms with Crippen molar-refractivity contribution in [2.24, 2.45) is 10.9 Å². The lowest BCUT2D eigenvalue weighted by Gasteiger charge is -2.12. The molecule has 7 nitrogen and oxygen atoms in total. The van der Waals surface area contributed by atoms with Gasteiger partial charge < -0.3 is 20.3 Å². The lowest BCUT2D eigenvalue weighted by Crippen LogP contribution is -2.13. The molecule has 1 saturated heterocycles. The summed E-state index contributed by atoms with van der Waals surface area (Å²) in [5, 5.41) is 9.27. The van der Waals surface area contributed by atoms with Gasteiger partial charge in [-0.1, -0.05) is 0 Å². The van der Waals surface area contributed by atoms with Gasteiger partial charge in [-0.3, -0.25) is 4.99 Å². The van der Waals surface area contributed by atoms with Gasteiger partial charge in [0.2, 0.25) is 5.88 Å². The zero-order valence-corrected chi connectivity index (χ0v) is 12.8. The first-order chi connectivity index (χ1) is 10.5. The third-order valence-electron chi connectivity index (χ3n) is 3.24. The summed E-state index contributed by atoms with van der Waals surface area (Å²) in [6.07, 6.45) is 2.37. The summed E-state index contributed by atoms with van der Waals surface area (Å²) in [5.74, 6) is -0.469. The van der Waals surface area contributed by atoms with Crippen LogP contribution in [0.3, 0.4) is 0 Å². The van der Waals surface area contributed by atoms with Gasteiger partial charge in [0, 0.05) is 30.8 Å². The number of ether oxygens (including phenoxy) is 2. The molecule has 1 unspecified atom stereocenters. The minimum absolute atomic E-state index is 0.0199. The summed E-state index contributed by atoms with van der Waals surface area (Å²) >= 11 is 0. The monoisotopic (exact) mass is 307 g/mol. The van der Waals surface area contributed by atoms with E-state index in [4.69, 9.17) is 15.2 Å². The maximum atomic E-state index is 11.3. The first-order valence-corrected chi connectivity index (χ1v) is 7.25. The number of pyridine rings is 1. The third kappa shape index (κ3) is 4.17. The molecule has 0 bridgehead atoms.